The third kappa shape index (κ3) is 3.56. The standard InChI is InChI=1S/C14H26N4/c1-4-17(14-6-7-14)9-8-15-12(3)13-10-16-18(5-2)11-13/h10-12,14-15H,4-9H2,1-3H3. The van der Waals surface area contributed by atoms with Crippen molar-refractivity contribution >= 4 is 0 Å². The highest BCUT2D eigenvalue weighted by Crippen LogP contribution is 2.25. The van der Waals surface area contributed by atoms with Gasteiger partial charge in [-0.1, -0.05) is 6.92 Å². The molecular formula is C14H26N4. The van der Waals surface area contributed by atoms with E-state index in [-0.39, 0.29) is 0 Å². The zero-order valence-electron chi connectivity index (χ0n) is 11.9. The van der Waals surface area contributed by atoms with Crippen molar-refractivity contribution in [2.45, 2.75) is 52.2 Å². The van der Waals surface area contributed by atoms with Gasteiger partial charge in [0.2, 0.25) is 0 Å². The maximum Gasteiger partial charge on any atom is 0.0537 e. The third-order valence-electron chi connectivity index (χ3n) is 3.80. The fraction of sp³-hybridized carbons (Fsp3) is 0.786. The van der Waals surface area contributed by atoms with Crippen LogP contribution in [0.5, 0.6) is 0 Å². The lowest BCUT2D eigenvalue weighted by molar-refractivity contribution is 0.273. The zero-order chi connectivity index (χ0) is 13.0. The van der Waals surface area contributed by atoms with Crippen molar-refractivity contribution in [3.63, 3.8) is 0 Å². The van der Waals surface area contributed by atoms with Crippen molar-refractivity contribution in [1.82, 2.24) is 20.0 Å². The monoisotopic (exact) mass is 250 g/mol. The average molecular weight is 250 g/mol. The summed E-state index contributed by atoms with van der Waals surface area (Å²) in [4.78, 5) is 2.58. The Morgan fingerprint density at radius 1 is 1.50 bits per heavy atom. The Morgan fingerprint density at radius 2 is 2.28 bits per heavy atom. The van der Waals surface area contributed by atoms with Gasteiger partial charge in [0.15, 0.2) is 0 Å². The SMILES string of the molecule is CCN(CCNC(C)c1cnn(CC)c1)C1CC1. The van der Waals surface area contributed by atoms with E-state index < -0.39 is 0 Å². The van der Waals surface area contributed by atoms with Crippen LogP contribution in [0.3, 0.4) is 0 Å². The molecule has 2 rings (SSSR count). The van der Waals surface area contributed by atoms with Crippen LogP contribution in [0.1, 0.15) is 45.2 Å². The van der Waals surface area contributed by atoms with Crippen LogP contribution >= 0.6 is 0 Å². The molecule has 102 valence electrons. The lowest BCUT2D eigenvalue weighted by atomic mass is 10.2. The molecule has 18 heavy (non-hydrogen) atoms. The van der Waals surface area contributed by atoms with Crippen LogP contribution in [0.2, 0.25) is 0 Å². The van der Waals surface area contributed by atoms with Gasteiger partial charge in [0, 0.05) is 43.5 Å². The number of hydrogen-bond donors (Lipinski definition) is 1. The molecular weight excluding hydrogens is 224 g/mol. The first-order valence-electron chi connectivity index (χ1n) is 7.24. The second-order valence-electron chi connectivity index (χ2n) is 5.16. The number of nitrogens with zero attached hydrogens (tertiary/aromatic N) is 3. The van der Waals surface area contributed by atoms with Crippen LogP contribution in [0.4, 0.5) is 0 Å². The number of aryl methyl sites for hydroxylation is 1. The predicted octanol–water partition coefficient (Wildman–Crippen LogP) is 2.04. The van der Waals surface area contributed by atoms with E-state index in [4.69, 9.17) is 0 Å². The third-order valence-corrected chi connectivity index (χ3v) is 3.80. The molecule has 1 unspecified atom stereocenters. The van der Waals surface area contributed by atoms with Crippen LogP contribution in [0.15, 0.2) is 12.4 Å². The molecule has 0 radical (unpaired) electrons. The number of rotatable bonds is 8. The van der Waals surface area contributed by atoms with E-state index >= 15 is 0 Å². The predicted molar refractivity (Wildman–Crippen MR) is 74.6 cm³/mol. The molecule has 1 atom stereocenters. The Labute approximate surface area is 110 Å². The fourth-order valence-corrected chi connectivity index (χ4v) is 2.36. The molecule has 1 aliphatic carbocycles. The topological polar surface area (TPSA) is 33.1 Å². The minimum atomic E-state index is 0.392. The first-order chi connectivity index (χ1) is 8.74. The maximum absolute atomic E-state index is 4.32. The molecule has 0 bridgehead atoms. The molecule has 1 fully saturated rings. The summed E-state index contributed by atoms with van der Waals surface area (Å²) in [5.41, 5.74) is 1.28. The van der Waals surface area contributed by atoms with Gasteiger partial charge >= 0.3 is 0 Å². The summed E-state index contributed by atoms with van der Waals surface area (Å²) in [7, 11) is 0. The molecule has 4 nitrogen and oxygen atoms in total. The molecule has 1 aromatic heterocycles. The minimum absolute atomic E-state index is 0.392. The summed E-state index contributed by atoms with van der Waals surface area (Å²) in [6, 6.07) is 1.26. The van der Waals surface area contributed by atoms with Gasteiger partial charge in [0.05, 0.1) is 6.20 Å². The largest absolute Gasteiger partial charge is 0.309 e. The van der Waals surface area contributed by atoms with Gasteiger partial charge < -0.3 is 5.32 Å². The van der Waals surface area contributed by atoms with Crippen molar-refractivity contribution in [1.29, 1.82) is 0 Å². The molecule has 0 amide bonds. The normalized spacial score (nSPS) is 17.3. The number of likely N-dealkylation sites (N-methyl/N-ethyl adjacent to an activating group) is 1. The molecule has 4 heteroatoms. The van der Waals surface area contributed by atoms with Gasteiger partial charge in [-0.3, -0.25) is 9.58 Å². The van der Waals surface area contributed by atoms with Crippen molar-refractivity contribution in [3.05, 3.63) is 18.0 Å². The molecule has 0 saturated heterocycles. The molecule has 0 aromatic carbocycles. The van der Waals surface area contributed by atoms with E-state index in [2.05, 4.69) is 42.3 Å². The molecule has 1 saturated carbocycles. The van der Waals surface area contributed by atoms with Crippen LogP contribution in [0.25, 0.3) is 0 Å². The van der Waals surface area contributed by atoms with Gasteiger partial charge in [-0.05, 0) is 33.2 Å². The summed E-state index contributed by atoms with van der Waals surface area (Å²) in [5.74, 6) is 0. The molecule has 1 aliphatic rings. The highest BCUT2D eigenvalue weighted by molar-refractivity contribution is 5.09. The highest BCUT2D eigenvalue weighted by atomic mass is 15.3. The molecule has 0 aliphatic heterocycles. The smallest absolute Gasteiger partial charge is 0.0537 e. The average Bonchev–Trinajstić information content (AvgIpc) is 3.10. The van der Waals surface area contributed by atoms with E-state index in [0.717, 1.165) is 25.7 Å². The summed E-state index contributed by atoms with van der Waals surface area (Å²) in [6.45, 7) is 10.9. The number of hydrogen-bond acceptors (Lipinski definition) is 3. The van der Waals surface area contributed by atoms with Gasteiger partial charge in [-0.15, -0.1) is 0 Å². The number of nitrogens with one attached hydrogen (secondary N) is 1. The Hall–Kier alpha value is -0.870. The van der Waals surface area contributed by atoms with Crippen molar-refractivity contribution in [2.24, 2.45) is 0 Å². The van der Waals surface area contributed by atoms with Crippen molar-refractivity contribution < 1.29 is 0 Å². The lowest BCUT2D eigenvalue weighted by Crippen LogP contribution is -2.34. The van der Waals surface area contributed by atoms with Crippen molar-refractivity contribution in [2.75, 3.05) is 19.6 Å². The van der Waals surface area contributed by atoms with Crippen LogP contribution in [-0.4, -0.2) is 40.4 Å². The highest BCUT2D eigenvalue weighted by Gasteiger charge is 2.27. The Kier molecular flexibility index (Phi) is 4.78. The summed E-state index contributed by atoms with van der Waals surface area (Å²) in [6.07, 6.45) is 6.90. The van der Waals surface area contributed by atoms with Crippen LogP contribution < -0.4 is 5.32 Å². The van der Waals surface area contributed by atoms with E-state index in [9.17, 15) is 0 Å². The van der Waals surface area contributed by atoms with Gasteiger partial charge in [-0.25, -0.2) is 0 Å². The Bertz CT molecular complexity index is 356. The fourth-order valence-electron chi connectivity index (χ4n) is 2.36. The van der Waals surface area contributed by atoms with E-state index in [0.29, 0.717) is 6.04 Å². The first-order valence-corrected chi connectivity index (χ1v) is 7.24. The quantitative estimate of drug-likeness (QED) is 0.766. The second-order valence-corrected chi connectivity index (χ2v) is 5.16. The molecule has 1 aromatic rings. The second kappa shape index (κ2) is 6.34. The Morgan fingerprint density at radius 3 is 2.83 bits per heavy atom. The van der Waals surface area contributed by atoms with E-state index in [1.165, 1.54) is 24.9 Å². The summed E-state index contributed by atoms with van der Waals surface area (Å²) < 4.78 is 1.98. The van der Waals surface area contributed by atoms with E-state index in [1.807, 2.05) is 10.9 Å². The van der Waals surface area contributed by atoms with Gasteiger partial charge in [-0.2, -0.15) is 5.10 Å². The molecule has 1 heterocycles. The zero-order valence-corrected chi connectivity index (χ0v) is 11.9. The van der Waals surface area contributed by atoms with Crippen LogP contribution in [-0.2, 0) is 6.54 Å². The first kappa shape index (κ1) is 13.6. The van der Waals surface area contributed by atoms with E-state index in [1.54, 1.807) is 0 Å². The number of aromatic nitrogens is 2. The summed E-state index contributed by atoms with van der Waals surface area (Å²) >= 11 is 0. The Balaban J connectivity index is 1.72. The summed E-state index contributed by atoms with van der Waals surface area (Å²) in [5, 5.41) is 7.91. The minimum Gasteiger partial charge on any atom is -0.309 e. The van der Waals surface area contributed by atoms with Gasteiger partial charge in [0.25, 0.3) is 0 Å². The molecule has 0 spiro atoms. The van der Waals surface area contributed by atoms with Crippen LogP contribution in [0, 0.1) is 0 Å². The van der Waals surface area contributed by atoms with Crippen molar-refractivity contribution in [3.8, 4) is 0 Å². The van der Waals surface area contributed by atoms with Gasteiger partial charge in [0.1, 0.15) is 0 Å². The molecule has 1 N–H and O–H groups in total. The lowest BCUT2D eigenvalue weighted by Gasteiger charge is -2.21. The maximum atomic E-state index is 4.32.